The third-order valence-corrected chi connectivity index (χ3v) is 5.23. The molecule has 0 radical (unpaired) electrons. The Morgan fingerprint density at radius 1 is 1.40 bits per heavy atom. The van der Waals surface area contributed by atoms with E-state index in [-0.39, 0.29) is 34.8 Å². The summed E-state index contributed by atoms with van der Waals surface area (Å²) in [5.74, 6) is -1.36. The summed E-state index contributed by atoms with van der Waals surface area (Å²) in [7, 11) is -2.49. The lowest BCUT2D eigenvalue weighted by Gasteiger charge is -2.13. The number of sulfonamides is 1. The maximum Gasteiger partial charge on any atom is 0.303 e. The molecule has 1 heterocycles. The lowest BCUT2D eigenvalue weighted by molar-refractivity contribution is -0.137. The van der Waals surface area contributed by atoms with E-state index in [0.29, 0.717) is 0 Å². The van der Waals surface area contributed by atoms with E-state index in [0.717, 1.165) is 15.6 Å². The summed E-state index contributed by atoms with van der Waals surface area (Å²) in [5, 5.41) is 18.0. The molecular formula is C9H14N4O5S2. The second-order valence-corrected chi connectivity index (χ2v) is 7.07. The first-order chi connectivity index (χ1) is 9.23. The molecule has 11 heteroatoms. The fourth-order valence-electron chi connectivity index (χ4n) is 1.22. The van der Waals surface area contributed by atoms with Crippen LogP contribution < -0.4 is 5.32 Å². The van der Waals surface area contributed by atoms with Crippen LogP contribution in [0.15, 0.2) is 4.34 Å². The van der Waals surface area contributed by atoms with Gasteiger partial charge in [0.1, 0.15) is 0 Å². The van der Waals surface area contributed by atoms with Gasteiger partial charge < -0.3 is 10.4 Å². The molecule has 0 aromatic carbocycles. The first kappa shape index (κ1) is 16.5. The van der Waals surface area contributed by atoms with Crippen molar-refractivity contribution in [3.8, 4) is 0 Å². The molecule has 0 aliphatic heterocycles. The maximum absolute atomic E-state index is 12.1. The topological polar surface area (TPSA) is 130 Å². The van der Waals surface area contributed by atoms with Crippen molar-refractivity contribution in [2.24, 2.45) is 0 Å². The van der Waals surface area contributed by atoms with Crippen LogP contribution in [0.25, 0.3) is 0 Å². The van der Waals surface area contributed by atoms with E-state index in [2.05, 4.69) is 15.5 Å². The molecule has 0 aliphatic carbocycles. The summed E-state index contributed by atoms with van der Waals surface area (Å²) in [6.45, 7) is 1.33. The normalized spacial score (nSPS) is 11.6. The first-order valence-electron chi connectivity index (χ1n) is 5.52. The second-order valence-electron chi connectivity index (χ2n) is 3.88. The van der Waals surface area contributed by atoms with E-state index in [4.69, 9.17) is 5.11 Å². The number of aromatic nitrogens is 2. The van der Waals surface area contributed by atoms with Crippen molar-refractivity contribution in [2.75, 3.05) is 18.9 Å². The minimum Gasteiger partial charge on any atom is -0.481 e. The maximum atomic E-state index is 12.1. The average Bonchev–Trinajstić information content (AvgIpc) is 2.76. The van der Waals surface area contributed by atoms with Crippen LogP contribution in [0.4, 0.5) is 5.13 Å². The second kappa shape index (κ2) is 6.72. The fraction of sp³-hybridized carbons (Fsp3) is 0.556. The molecule has 1 aromatic heterocycles. The molecule has 112 valence electrons. The van der Waals surface area contributed by atoms with E-state index >= 15 is 0 Å². The van der Waals surface area contributed by atoms with Gasteiger partial charge in [0.25, 0.3) is 10.0 Å². The van der Waals surface area contributed by atoms with E-state index in [9.17, 15) is 18.0 Å². The molecule has 0 saturated carbocycles. The van der Waals surface area contributed by atoms with Gasteiger partial charge in [-0.25, -0.2) is 8.42 Å². The molecule has 0 fully saturated rings. The van der Waals surface area contributed by atoms with Gasteiger partial charge in [0.15, 0.2) is 0 Å². The summed E-state index contributed by atoms with van der Waals surface area (Å²) in [5.41, 5.74) is 0. The Bertz CT molecular complexity index is 597. The number of amides is 1. The number of carboxylic acid groups (broad SMARTS) is 1. The lowest BCUT2D eigenvalue weighted by atomic mass is 10.3. The molecule has 1 rings (SSSR count). The molecule has 0 spiro atoms. The van der Waals surface area contributed by atoms with E-state index in [1.54, 1.807) is 0 Å². The van der Waals surface area contributed by atoms with Gasteiger partial charge in [-0.05, 0) is 6.42 Å². The first-order valence-corrected chi connectivity index (χ1v) is 7.78. The minimum atomic E-state index is -3.82. The highest BCUT2D eigenvalue weighted by molar-refractivity contribution is 7.91. The SMILES string of the molecule is CC(=O)Nc1nnc(S(=O)(=O)N(C)CCCC(=O)O)s1. The molecule has 1 aromatic rings. The molecule has 0 saturated heterocycles. The van der Waals surface area contributed by atoms with Crippen molar-refractivity contribution in [1.29, 1.82) is 0 Å². The minimum absolute atomic E-state index is 0.0592. The molecule has 9 nitrogen and oxygen atoms in total. The van der Waals surface area contributed by atoms with E-state index < -0.39 is 16.0 Å². The third kappa shape index (κ3) is 4.51. The molecular weight excluding hydrogens is 308 g/mol. The summed E-state index contributed by atoms with van der Waals surface area (Å²) >= 11 is 0.736. The summed E-state index contributed by atoms with van der Waals surface area (Å²) < 4.78 is 24.9. The predicted molar refractivity (Wildman–Crippen MR) is 70.9 cm³/mol. The number of hydrogen-bond acceptors (Lipinski definition) is 7. The van der Waals surface area contributed by atoms with Crippen molar-refractivity contribution in [3.63, 3.8) is 0 Å². The predicted octanol–water partition coefficient (Wildman–Crippen LogP) is -0.0182. The van der Waals surface area contributed by atoms with Gasteiger partial charge in [0.2, 0.25) is 15.4 Å². The Morgan fingerprint density at radius 3 is 2.60 bits per heavy atom. The zero-order valence-corrected chi connectivity index (χ0v) is 12.5. The van der Waals surface area contributed by atoms with Gasteiger partial charge in [-0.15, -0.1) is 10.2 Å². The van der Waals surface area contributed by atoms with Crippen LogP contribution in [-0.4, -0.2) is 53.5 Å². The van der Waals surface area contributed by atoms with E-state index in [1.807, 2.05) is 0 Å². The number of carbonyl (C=O) groups excluding carboxylic acids is 1. The molecule has 0 atom stereocenters. The Labute approximate surface area is 119 Å². The number of nitrogens with zero attached hydrogens (tertiary/aromatic N) is 3. The largest absolute Gasteiger partial charge is 0.481 e. The van der Waals surface area contributed by atoms with Crippen LogP contribution in [0.3, 0.4) is 0 Å². The van der Waals surface area contributed by atoms with Crippen molar-refractivity contribution in [1.82, 2.24) is 14.5 Å². The number of anilines is 1. The summed E-state index contributed by atoms with van der Waals surface area (Å²) in [6, 6.07) is 0. The van der Waals surface area contributed by atoms with Gasteiger partial charge >= 0.3 is 5.97 Å². The van der Waals surface area contributed by atoms with Crippen molar-refractivity contribution >= 4 is 38.4 Å². The van der Waals surface area contributed by atoms with Crippen LogP contribution in [-0.2, 0) is 19.6 Å². The standard InChI is InChI=1S/C9H14N4O5S2/c1-6(14)10-8-11-12-9(19-8)20(17,18)13(2)5-3-4-7(15)16/h3-5H2,1-2H3,(H,15,16)(H,10,11,14). The average molecular weight is 322 g/mol. The number of rotatable bonds is 7. The number of carboxylic acids is 1. The number of nitrogens with one attached hydrogen (secondary N) is 1. The highest BCUT2D eigenvalue weighted by Gasteiger charge is 2.25. The summed E-state index contributed by atoms with van der Waals surface area (Å²) in [6.07, 6.45) is 0.0789. The number of carbonyl (C=O) groups is 2. The zero-order chi connectivity index (χ0) is 15.3. The molecule has 1 amide bonds. The van der Waals surface area contributed by atoms with E-state index in [1.165, 1.54) is 14.0 Å². The zero-order valence-electron chi connectivity index (χ0n) is 10.9. The van der Waals surface area contributed by atoms with Gasteiger partial charge in [-0.3, -0.25) is 9.59 Å². The third-order valence-electron chi connectivity index (χ3n) is 2.18. The Hall–Kier alpha value is -1.59. The smallest absolute Gasteiger partial charge is 0.303 e. The lowest BCUT2D eigenvalue weighted by Crippen LogP contribution is -2.28. The molecule has 0 unspecified atom stereocenters. The molecule has 0 bridgehead atoms. The Kier molecular flexibility index (Phi) is 5.53. The van der Waals surface area contributed by atoms with Crippen LogP contribution in [0.2, 0.25) is 0 Å². The Morgan fingerprint density at radius 2 is 2.05 bits per heavy atom. The molecule has 2 N–H and O–H groups in total. The van der Waals surface area contributed by atoms with Crippen molar-refractivity contribution in [3.05, 3.63) is 0 Å². The Balaban J connectivity index is 2.74. The monoisotopic (exact) mass is 322 g/mol. The van der Waals surface area contributed by atoms with Crippen molar-refractivity contribution in [2.45, 2.75) is 24.1 Å². The van der Waals surface area contributed by atoms with Gasteiger partial charge in [-0.2, -0.15) is 4.31 Å². The highest BCUT2D eigenvalue weighted by Crippen LogP contribution is 2.22. The quantitative estimate of drug-likeness (QED) is 0.675. The van der Waals surface area contributed by atoms with Crippen LogP contribution in [0, 0.1) is 0 Å². The van der Waals surface area contributed by atoms with Gasteiger partial charge in [0.05, 0.1) is 0 Å². The van der Waals surface area contributed by atoms with Crippen LogP contribution >= 0.6 is 11.3 Å². The highest BCUT2D eigenvalue weighted by atomic mass is 32.2. The van der Waals surface area contributed by atoms with Gasteiger partial charge in [-0.1, -0.05) is 11.3 Å². The number of hydrogen-bond donors (Lipinski definition) is 2. The van der Waals surface area contributed by atoms with Crippen LogP contribution in [0.1, 0.15) is 19.8 Å². The molecule has 0 aliphatic rings. The summed E-state index contributed by atoms with van der Waals surface area (Å²) in [4.78, 5) is 21.2. The molecule has 20 heavy (non-hydrogen) atoms. The number of aliphatic carboxylic acids is 1. The van der Waals surface area contributed by atoms with Crippen LogP contribution in [0.5, 0.6) is 0 Å². The fourth-order valence-corrected chi connectivity index (χ4v) is 3.56. The van der Waals surface area contributed by atoms with Crippen molar-refractivity contribution < 1.29 is 23.1 Å². The van der Waals surface area contributed by atoms with Gasteiger partial charge in [0, 0.05) is 26.9 Å².